The van der Waals surface area contributed by atoms with Gasteiger partial charge >= 0.3 is 0 Å². The van der Waals surface area contributed by atoms with Gasteiger partial charge in [-0.15, -0.1) is 0 Å². The number of hydrogen-bond donors (Lipinski definition) is 1. The number of rotatable bonds is 2. The van der Waals surface area contributed by atoms with Crippen LogP contribution in [0.15, 0.2) is 30.3 Å². The van der Waals surface area contributed by atoms with Crippen molar-refractivity contribution < 1.29 is 13.6 Å². The Balaban J connectivity index is 2.40. The van der Waals surface area contributed by atoms with Crippen LogP contribution in [0, 0.1) is 25.5 Å². The van der Waals surface area contributed by atoms with Crippen molar-refractivity contribution in [2.45, 2.75) is 13.8 Å². The predicted molar refractivity (Wildman–Crippen MR) is 78.5 cm³/mol. The average Bonchev–Trinajstić information content (AvgIpc) is 2.85. The lowest BCUT2D eigenvalue weighted by Gasteiger charge is -2.02. The van der Waals surface area contributed by atoms with E-state index < -0.39 is 11.6 Å². The summed E-state index contributed by atoms with van der Waals surface area (Å²) in [7, 11) is 0. The van der Waals surface area contributed by atoms with Crippen molar-refractivity contribution in [3.8, 4) is 11.3 Å². The first-order valence-corrected chi connectivity index (χ1v) is 6.56. The molecule has 2 aromatic carbocycles. The molecule has 0 atom stereocenters. The van der Waals surface area contributed by atoms with Gasteiger partial charge in [0, 0.05) is 22.0 Å². The minimum atomic E-state index is -0.957. The summed E-state index contributed by atoms with van der Waals surface area (Å²) in [5.41, 5.74) is 3.54. The Bertz CT molecular complexity index is 865. The Morgan fingerprint density at radius 1 is 1.10 bits per heavy atom. The molecule has 0 fully saturated rings. The van der Waals surface area contributed by atoms with Gasteiger partial charge in [0.2, 0.25) is 0 Å². The molecule has 3 aromatic rings. The van der Waals surface area contributed by atoms with Gasteiger partial charge in [-0.25, -0.2) is 8.78 Å². The number of aryl methyl sites for hydroxylation is 2. The fourth-order valence-corrected chi connectivity index (χ4v) is 2.56. The van der Waals surface area contributed by atoms with Gasteiger partial charge in [-0.1, -0.05) is 18.2 Å². The maximum atomic E-state index is 14.0. The molecule has 1 heterocycles. The van der Waals surface area contributed by atoms with Crippen molar-refractivity contribution in [3.05, 3.63) is 58.7 Å². The van der Waals surface area contributed by atoms with Crippen LogP contribution in [-0.4, -0.2) is 11.3 Å². The second-order valence-corrected chi connectivity index (χ2v) is 5.06. The quantitative estimate of drug-likeness (QED) is 0.689. The van der Waals surface area contributed by atoms with Crippen molar-refractivity contribution in [1.82, 2.24) is 4.98 Å². The normalized spacial score (nSPS) is 11.0. The molecule has 0 bridgehead atoms. The summed E-state index contributed by atoms with van der Waals surface area (Å²) in [6.45, 7) is 3.88. The largest absolute Gasteiger partial charge is 0.354 e. The van der Waals surface area contributed by atoms with Crippen LogP contribution in [-0.2, 0) is 0 Å². The Labute approximate surface area is 120 Å². The van der Waals surface area contributed by atoms with Gasteiger partial charge in [0.25, 0.3) is 0 Å². The minimum absolute atomic E-state index is 0.0605. The molecular formula is C17H13F2NO. The Kier molecular flexibility index (Phi) is 3.09. The number of aromatic amines is 1. The van der Waals surface area contributed by atoms with Gasteiger partial charge in [0.15, 0.2) is 17.9 Å². The summed E-state index contributed by atoms with van der Waals surface area (Å²) in [5.74, 6) is -1.89. The molecule has 0 aliphatic rings. The topological polar surface area (TPSA) is 32.9 Å². The fraction of sp³-hybridized carbons (Fsp3) is 0.118. The van der Waals surface area contributed by atoms with E-state index in [1.54, 1.807) is 0 Å². The van der Waals surface area contributed by atoms with E-state index in [0.29, 0.717) is 22.9 Å². The number of halogens is 2. The van der Waals surface area contributed by atoms with Crippen LogP contribution in [0.3, 0.4) is 0 Å². The lowest BCUT2D eigenvalue weighted by molar-refractivity contribution is 0.112. The molecular weight excluding hydrogens is 272 g/mol. The summed E-state index contributed by atoms with van der Waals surface area (Å²) in [6.07, 6.45) is 0.674. The molecule has 2 nitrogen and oxygen atoms in total. The summed E-state index contributed by atoms with van der Waals surface area (Å²) >= 11 is 0. The minimum Gasteiger partial charge on any atom is -0.354 e. The monoisotopic (exact) mass is 285 g/mol. The molecule has 4 heteroatoms. The highest BCUT2D eigenvalue weighted by Gasteiger charge is 2.18. The third kappa shape index (κ3) is 1.95. The Morgan fingerprint density at radius 3 is 2.57 bits per heavy atom. The predicted octanol–water partition coefficient (Wildman–Crippen LogP) is 4.54. The van der Waals surface area contributed by atoms with E-state index in [1.807, 2.05) is 26.0 Å². The molecule has 21 heavy (non-hydrogen) atoms. The molecule has 3 rings (SSSR count). The van der Waals surface area contributed by atoms with E-state index >= 15 is 0 Å². The van der Waals surface area contributed by atoms with E-state index in [0.717, 1.165) is 22.7 Å². The summed E-state index contributed by atoms with van der Waals surface area (Å²) in [5, 5.41) is 0.715. The summed E-state index contributed by atoms with van der Waals surface area (Å²) in [4.78, 5) is 14.5. The first-order chi connectivity index (χ1) is 10.0. The molecule has 0 aliphatic carbocycles. The lowest BCUT2D eigenvalue weighted by Crippen LogP contribution is -1.92. The molecule has 1 N–H and O–H groups in total. The number of benzene rings is 2. The summed E-state index contributed by atoms with van der Waals surface area (Å²) < 4.78 is 27.4. The van der Waals surface area contributed by atoms with Crippen LogP contribution in [0.1, 0.15) is 21.5 Å². The number of aldehydes is 1. The first-order valence-electron chi connectivity index (χ1n) is 6.56. The highest BCUT2D eigenvalue weighted by Crippen LogP contribution is 2.33. The molecule has 106 valence electrons. The first kappa shape index (κ1) is 13.5. The van der Waals surface area contributed by atoms with E-state index in [4.69, 9.17) is 0 Å². The van der Waals surface area contributed by atoms with Crippen LogP contribution >= 0.6 is 0 Å². The zero-order valence-corrected chi connectivity index (χ0v) is 11.6. The van der Waals surface area contributed by atoms with E-state index in [9.17, 15) is 13.6 Å². The number of aromatic nitrogens is 1. The molecule has 0 aliphatic heterocycles. The highest BCUT2D eigenvalue weighted by atomic mass is 19.2. The van der Waals surface area contributed by atoms with Crippen LogP contribution in [0.5, 0.6) is 0 Å². The van der Waals surface area contributed by atoms with E-state index in [1.165, 1.54) is 12.1 Å². The Morgan fingerprint density at radius 2 is 1.86 bits per heavy atom. The van der Waals surface area contributed by atoms with Gasteiger partial charge in [0.05, 0.1) is 5.69 Å². The number of nitrogens with one attached hydrogen (secondary N) is 1. The van der Waals surface area contributed by atoms with Gasteiger partial charge in [-0.05, 0) is 37.1 Å². The fourth-order valence-electron chi connectivity index (χ4n) is 2.56. The lowest BCUT2D eigenvalue weighted by atomic mass is 10.0. The number of hydrogen-bond acceptors (Lipinski definition) is 1. The number of H-pyrrole nitrogens is 1. The second kappa shape index (κ2) is 4.81. The van der Waals surface area contributed by atoms with Crippen molar-refractivity contribution in [2.24, 2.45) is 0 Å². The third-order valence-electron chi connectivity index (χ3n) is 3.88. The maximum absolute atomic E-state index is 14.0. The Hall–Kier alpha value is -2.49. The smallest absolute Gasteiger partial charge is 0.168 e. The molecule has 0 spiro atoms. The van der Waals surface area contributed by atoms with Crippen molar-refractivity contribution in [1.29, 1.82) is 0 Å². The molecule has 1 aromatic heterocycles. The number of carbonyl (C=O) groups excluding carboxylic acids is 1. The van der Waals surface area contributed by atoms with Gasteiger partial charge < -0.3 is 4.98 Å². The number of fused-ring (bicyclic) bond motifs is 1. The second-order valence-electron chi connectivity index (χ2n) is 5.06. The molecule has 0 amide bonds. The highest BCUT2D eigenvalue weighted by molar-refractivity contribution is 6.05. The molecule has 0 saturated carbocycles. The zero-order valence-electron chi connectivity index (χ0n) is 11.6. The molecule has 0 saturated heterocycles. The van der Waals surface area contributed by atoms with E-state index in [-0.39, 0.29) is 5.56 Å². The van der Waals surface area contributed by atoms with Crippen molar-refractivity contribution in [2.75, 3.05) is 0 Å². The van der Waals surface area contributed by atoms with Crippen LogP contribution in [0.25, 0.3) is 22.2 Å². The maximum Gasteiger partial charge on any atom is 0.168 e. The van der Waals surface area contributed by atoms with Crippen LogP contribution < -0.4 is 0 Å². The number of carbonyl (C=O) groups is 1. The molecule has 0 radical (unpaired) electrons. The average molecular weight is 285 g/mol. The zero-order chi connectivity index (χ0) is 15.1. The van der Waals surface area contributed by atoms with Gasteiger partial charge in [-0.2, -0.15) is 0 Å². The van der Waals surface area contributed by atoms with Gasteiger partial charge in [0.1, 0.15) is 0 Å². The standard InChI is InChI=1S/C17H13F2NO/c1-9-6-7-11-13(8-21)17(20-16(11)10(9)2)12-4-3-5-14(18)15(12)19/h3-8,20H,1-2H3. The van der Waals surface area contributed by atoms with Gasteiger partial charge in [-0.3, -0.25) is 4.79 Å². The van der Waals surface area contributed by atoms with Crippen molar-refractivity contribution in [3.63, 3.8) is 0 Å². The van der Waals surface area contributed by atoms with E-state index in [2.05, 4.69) is 4.98 Å². The third-order valence-corrected chi connectivity index (χ3v) is 3.88. The van der Waals surface area contributed by atoms with Crippen molar-refractivity contribution >= 4 is 17.2 Å². The summed E-state index contributed by atoms with van der Waals surface area (Å²) in [6, 6.07) is 7.66. The SMILES string of the molecule is Cc1ccc2c(C=O)c(-c3cccc(F)c3F)[nH]c2c1C. The van der Waals surface area contributed by atoms with Crippen LogP contribution in [0.2, 0.25) is 0 Å². The molecule has 0 unspecified atom stereocenters. The van der Waals surface area contributed by atoms with Crippen LogP contribution in [0.4, 0.5) is 8.78 Å².